The molecule has 1 aromatic carbocycles. The molecule has 0 amide bonds. The second-order valence-corrected chi connectivity index (χ2v) is 5.86. The van der Waals surface area contributed by atoms with Gasteiger partial charge >= 0.3 is 0 Å². The summed E-state index contributed by atoms with van der Waals surface area (Å²) in [5.74, 6) is 0. The van der Waals surface area contributed by atoms with E-state index < -0.39 is 0 Å². The molecule has 7 heteroatoms. The molecule has 2 heterocycles. The summed E-state index contributed by atoms with van der Waals surface area (Å²) in [6.45, 7) is 6.46. The molecular weight excluding hydrogens is 332 g/mol. The van der Waals surface area contributed by atoms with E-state index in [2.05, 4.69) is 21.6 Å². The predicted octanol–water partition coefficient (Wildman–Crippen LogP) is 2.38. The summed E-state index contributed by atoms with van der Waals surface area (Å²) in [4.78, 5) is 25.6. The van der Waals surface area contributed by atoms with Crippen molar-refractivity contribution in [3.8, 4) is 0 Å². The van der Waals surface area contributed by atoms with Crippen LogP contribution in [0, 0.1) is 0 Å². The lowest BCUT2D eigenvalue weighted by Crippen LogP contribution is -2.44. The van der Waals surface area contributed by atoms with Crippen LogP contribution in [0.4, 0.5) is 5.69 Å². The van der Waals surface area contributed by atoms with Gasteiger partial charge in [0.05, 0.1) is 23.9 Å². The average Bonchev–Trinajstić information content (AvgIpc) is 2.57. The number of piperazine rings is 1. The first-order valence-corrected chi connectivity index (χ1v) is 8.14. The topological polar surface area (TPSA) is 63.0 Å². The third-order valence-electron chi connectivity index (χ3n) is 3.78. The molecule has 0 spiro atoms. The zero-order chi connectivity index (χ0) is 17.5. The maximum absolute atomic E-state index is 11.9. The van der Waals surface area contributed by atoms with Gasteiger partial charge in [0.1, 0.15) is 0 Å². The fourth-order valence-electron chi connectivity index (χ4n) is 2.49. The third-order valence-corrected chi connectivity index (χ3v) is 4.00. The van der Waals surface area contributed by atoms with Crippen LogP contribution in [0.15, 0.2) is 33.7 Å². The number of nitrogens with zero attached hydrogens (tertiary/aromatic N) is 2. The number of rotatable bonds is 3. The average molecular weight is 353 g/mol. The molecule has 0 atom stereocenters. The Morgan fingerprint density at radius 1 is 1.29 bits per heavy atom. The van der Waals surface area contributed by atoms with Crippen molar-refractivity contribution in [3.05, 3.63) is 39.7 Å². The van der Waals surface area contributed by atoms with E-state index in [0.29, 0.717) is 29.1 Å². The van der Waals surface area contributed by atoms with Gasteiger partial charge in [-0.1, -0.05) is 11.6 Å². The number of hydrogen-bond donors (Lipinski definition) is 0. The lowest BCUT2D eigenvalue weighted by atomic mass is 10.1. The van der Waals surface area contributed by atoms with Crippen LogP contribution >= 0.6 is 11.6 Å². The molecule has 1 aliphatic heterocycles. The van der Waals surface area contributed by atoms with Gasteiger partial charge in [0.2, 0.25) is 0 Å². The van der Waals surface area contributed by atoms with Crippen LogP contribution in [0.5, 0.6) is 0 Å². The number of fused-ring (bicyclic) bond motifs is 1. The Hall–Kier alpha value is -2.05. The highest BCUT2D eigenvalue weighted by Crippen LogP contribution is 2.29. The van der Waals surface area contributed by atoms with Gasteiger partial charge in [0.25, 0.3) is 6.47 Å². The first-order chi connectivity index (χ1) is 11.6. The quantitative estimate of drug-likeness (QED) is 0.790. The molecule has 0 N–H and O–H groups in total. The fourth-order valence-corrected chi connectivity index (χ4v) is 2.70. The van der Waals surface area contributed by atoms with Crippen LogP contribution in [0.2, 0.25) is 5.02 Å². The second kappa shape index (κ2) is 8.70. The second-order valence-electron chi connectivity index (χ2n) is 5.43. The van der Waals surface area contributed by atoms with Crippen LogP contribution in [0.3, 0.4) is 0 Å². The molecule has 2 aromatic rings. The first kappa shape index (κ1) is 18.3. The fraction of sp³-hybridized carbons (Fsp3) is 0.412. The molecule has 0 radical (unpaired) electrons. The van der Waals surface area contributed by atoms with Crippen molar-refractivity contribution in [1.29, 1.82) is 0 Å². The van der Waals surface area contributed by atoms with Crippen molar-refractivity contribution < 1.29 is 13.9 Å². The number of anilines is 1. The molecule has 1 aliphatic rings. The molecule has 0 unspecified atom stereocenters. The van der Waals surface area contributed by atoms with Crippen LogP contribution < -0.4 is 10.3 Å². The molecule has 0 saturated carbocycles. The van der Waals surface area contributed by atoms with Crippen LogP contribution in [0.1, 0.15) is 6.92 Å². The Bertz CT molecular complexity index is 739. The van der Waals surface area contributed by atoms with Crippen molar-refractivity contribution in [1.82, 2.24) is 4.90 Å². The molecule has 0 bridgehead atoms. The largest absolute Gasteiger partial charge is 0.468 e. The zero-order valence-electron chi connectivity index (χ0n) is 13.8. The highest BCUT2D eigenvalue weighted by Gasteiger charge is 2.18. The van der Waals surface area contributed by atoms with Gasteiger partial charge in [-0.15, -0.1) is 0 Å². The van der Waals surface area contributed by atoms with Crippen molar-refractivity contribution >= 4 is 34.7 Å². The summed E-state index contributed by atoms with van der Waals surface area (Å²) in [5.41, 5.74) is 1.48. The predicted molar refractivity (Wildman–Crippen MR) is 94.9 cm³/mol. The van der Waals surface area contributed by atoms with Crippen molar-refractivity contribution in [2.75, 3.05) is 44.7 Å². The van der Waals surface area contributed by atoms with E-state index in [0.717, 1.165) is 31.9 Å². The first-order valence-electron chi connectivity index (χ1n) is 7.76. The Balaban J connectivity index is 0.000000368. The van der Waals surface area contributed by atoms with Crippen LogP contribution in [-0.2, 0) is 9.53 Å². The smallest absolute Gasteiger partial charge is 0.293 e. The van der Waals surface area contributed by atoms with Crippen molar-refractivity contribution in [2.24, 2.45) is 0 Å². The van der Waals surface area contributed by atoms with E-state index in [1.165, 1.54) is 12.3 Å². The highest BCUT2D eigenvalue weighted by molar-refractivity contribution is 6.31. The number of halogens is 1. The molecule has 6 nitrogen and oxygen atoms in total. The Labute approximate surface area is 145 Å². The summed E-state index contributed by atoms with van der Waals surface area (Å²) in [6.07, 6.45) is 1.44. The number of benzene rings is 1. The van der Waals surface area contributed by atoms with E-state index >= 15 is 0 Å². The number of carbonyl (C=O) groups excluding carboxylic acids is 1. The zero-order valence-corrected chi connectivity index (χ0v) is 14.6. The molecule has 1 saturated heterocycles. The maximum Gasteiger partial charge on any atom is 0.293 e. The highest BCUT2D eigenvalue weighted by atomic mass is 35.5. The van der Waals surface area contributed by atoms with Crippen LogP contribution in [-0.4, -0.2) is 51.2 Å². The Kier molecular flexibility index (Phi) is 6.63. The number of likely N-dealkylation sites (N-methyl/N-ethyl adjacent to an activating group) is 1. The summed E-state index contributed by atoms with van der Waals surface area (Å²) in [7, 11) is 2.10. The summed E-state index contributed by atoms with van der Waals surface area (Å²) in [5, 5.41) is 1.11. The number of hydrogen-bond acceptors (Lipinski definition) is 6. The standard InChI is InChI=1S/C14H15ClN2O2.C3H6O2/c1-16-3-5-17(6-4-16)12-9-10(15)8-11-13(18)2-7-19-14(11)12;1-2-5-3-4/h2,7-9H,3-6H2,1H3;3H,2H2,1H3. The third kappa shape index (κ3) is 4.49. The monoisotopic (exact) mass is 352 g/mol. The van der Waals surface area contributed by atoms with Crippen molar-refractivity contribution in [2.45, 2.75) is 6.92 Å². The SMILES string of the molecule is CCOC=O.CN1CCN(c2cc(Cl)cc3c(=O)ccoc23)CC1. The van der Waals surface area contributed by atoms with Gasteiger partial charge in [-0.05, 0) is 26.1 Å². The normalized spacial score (nSPS) is 14.9. The van der Waals surface area contributed by atoms with Crippen LogP contribution in [0.25, 0.3) is 11.0 Å². The molecule has 0 aliphatic carbocycles. The summed E-state index contributed by atoms with van der Waals surface area (Å²) in [6, 6.07) is 4.97. The Morgan fingerprint density at radius 3 is 2.58 bits per heavy atom. The minimum absolute atomic E-state index is 0.0564. The van der Waals surface area contributed by atoms with E-state index in [1.807, 2.05) is 6.07 Å². The molecular formula is C17H21ClN2O4. The van der Waals surface area contributed by atoms with Gasteiger partial charge in [-0.2, -0.15) is 0 Å². The minimum Gasteiger partial charge on any atom is -0.468 e. The van der Waals surface area contributed by atoms with E-state index in [4.69, 9.17) is 16.0 Å². The maximum atomic E-state index is 11.9. The lowest BCUT2D eigenvalue weighted by Gasteiger charge is -2.34. The molecule has 1 fully saturated rings. The van der Waals surface area contributed by atoms with Crippen molar-refractivity contribution in [3.63, 3.8) is 0 Å². The molecule has 24 heavy (non-hydrogen) atoms. The van der Waals surface area contributed by atoms with Gasteiger partial charge in [-0.25, -0.2) is 0 Å². The number of ether oxygens (including phenoxy) is 1. The van der Waals surface area contributed by atoms with E-state index in [1.54, 1.807) is 13.0 Å². The van der Waals surface area contributed by atoms with Gasteiger partial charge in [0.15, 0.2) is 11.0 Å². The van der Waals surface area contributed by atoms with E-state index in [9.17, 15) is 9.59 Å². The minimum atomic E-state index is -0.0564. The van der Waals surface area contributed by atoms with E-state index in [-0.39, 0.29) is 5.43 Å². The molecule has 3 rings (SSSR count). The molecule has 130 valence electrons. The lowest BCUT2D eigenvalue weighted by molar-refractivity contribution is -0.128. The number of carbonyl (C=O) groups is 1. The van der Waals surface area contributed by atoms with Gasteiger partial charge in [0, 0.05) is 37.3 Å². The summed E-state index contributed by atoms with van der Waals surface area (Å²) < 4.78 is 9.70. The van der Waals surface area contributed by atoms with Gasteiger partial charge in [-0.3, -0.25) is 9.59 Å². The van der Waals surface area contributed by atoms with Gasteiger partial charge < -0.3 is 19.0 Å². The Morgan fingerprint density at radius 2 is 2.00 bits per heavy atom. The summed E-state index contributed by atoms with van der Waals surface area (Å²) >= 11 is 6.13. The molecule has 1 aromatic heterocycles.